The van der Waals surface area contributed by atoms with Crippen LogP contribution in [0, 0.1) is 6.92 Å². The number of imidazole rings is 1. The molecule has 1 aliphatic heterocycles. The zero-order valence-electron chi connectivity index (χ0n) is 26.8. The molecule has 2 fully saturated rings. The van der Waals surface area contributed by atoms with Gasteiger partial charge in [-0.1, -0.05) is 24.7 Å². The standard InChI is InChI=1S/C34H40ClN6O4Si/c1-22(19-46(3)4)43-21-41-23(2)38-26-9-8-25(15-29(26)41)44-30-11-10-27-33(32(30)35)39-28(17-36-27)24-16-37-40(18-24)20-34(12-13-34)45-31-7-5-6-14-42-31/h8-11,15-18,22,31H,5-7,12-14,19-21H2,1-4H3. The van der Waals surface area contributed by atoms with Crippen LogP contribution in [-0.4, -0.2) is 62.7 Å². The van der Waals surface area contributed by atoms with Gasteiger partial charge in [0.2, 0.25) is 0 Å². The monoisotopic (exact) mass is 659 g/mol. The maximum absolute atomic E-state index is 6.91. The van der Waals surface area contributed by atoms with Crippen LogP contribution >= 0.6 is 11.6 Å². The molecule has 1 radical (unpaired) electrons. The number of halogens is 1. The lowest BCUT2D eigenvalue weighted by Crippen LogP contribution is -2.32. The summed E-state index contributed by atoms with van der Waals surface area (Å²) >= 11 is 6.91. The first-order valence-corrected chi connectivity index (χ1v) is 19.2. The van der Waals surface area contributed by atoms with E-state index in [2.05, 4.69) is 34.7 Å². The molecule has 7 rings (SSSR count). The second-order valence-corrected chi connectivity index (χ2v) is 16.1. The molecule has 2 aromatic carbocycles. The molecule has 2 aliphatic rings. The minimum Gasteiger partial charge on any atom is -0.456 e. The Kier molecular flexibility index (Phi) is 8.86. The number of fused-ring (bicyclic) bond motifs is 2. The number of hydrogen-bond donors (Lipinski definition) is 0. The minimum absolute atomic E-state index is 0.109. The van der Waals surface area contributed by atoms with E-state index in [1.54, 1.807) is 6.20 Å². The SMILES string of the molecule is Cc1nc2ccc(Oc3ccc4ncc(-c5cnn(CC6(OC7CCCCO7)CC6)c5)nc4c3Cl)cc2n1COC(C)C[Si](C)C. The van der Waals surface area contributed by atoms with Crippen LogP contribution in [0.1, 0.15) is 44.9 Å². The Labute approximate surface area is 275 Å². The van der Waals surface area contributed by atoms with Gasteiger partial charge in [0.25, 0.3) is 0 Å². The highest BCUT2D eigenvalue weighted by Gasteiger charge is 2.47. The van der Waals surface area contributed by atoms with Gasteiger partial charge in [0, 0.05) is 33.2 Å². The van der Waals surface area contributed by atoms with Crippen molar-refractivity contribution in [2.45, 2.75) is 96.4 Å². The molecule has 1 saturated heterocycles. The molecule has 5 aromatic rings. The molecule has 12 heteroatoms. The van der Waals surface area contributed by atoms with E-state index in [1.165, 1.54) is 0 Å². The van der Waals surface area contributed by atoms with Crippen LogP contribution in [-0.2, 0) is 27.5 Å². The Bertz CT molecular complexity index is 1850. The molecule has 1 aliphatic carbocycles. The molecule has 3 aromatic heterocycles. The van der Waals surface area contributed by atoms with Crippen molar-refractivity contribution in [2.75, 3.05) is 6.61 Å². The van der Waals surface area contributed by atoms with Gasteiger partial charge in [-0.15, -0.1) is 0 Å². The summed E-state index contributed by atoms with van der Waals surface area (Å²) in [5, 5.41) is 5.01. The smallest absolute Gasteiger partial charge is 0.158 e. The van der Waals surface area contributed by atoms with Gasteiger partial charge in [-0.05, 0) is 76.3 Å². The summed E-state index contributed by atoms with van der Waals surface area (Å²) < 4.78 is 28.7. The lowest BCUT2D eigenvalue weighted by atomic mass is 10.2. The van der Waals surface area contributed by atoms with E-state index >= 15 is 0 Å². The van der Waals surface area contributed by atoms with Crippen LogP contribution in [0.2, 0.25) is 24.2 Å². The fraction of sp³-hybridized carbons (Fsp3) is 0.471. The number of ether oxygens (including phenoxy) is 4. The number of nitrogens with zero attached hydrogens (tertiary/aromatic N) is 6. The van der Waals surface area contributed by atoms with Crippen molar-refractivity contribution in [3.8, 4) is 22.8 Å². The van der Waals surface area contributed by atoms with Crippen LogP contribution in [0.3, 0.4) is 0 Å². The second kappa shape index (κ2) is 13.0. The molecule has 241 valence electrons. The topological polar surface area (TPSA) is 98.3 Å². The third-order valence-corrected chi connectivity index (χ3v) is 10.4. The van der Waals surface area contributed by atoms with Crippen molar-refractivity contribution in [2.24, 2.45) is 0 Å². The van der Waals surface area contributed by atoms with Crippen molar-refractivity contribution in [3.63, 3.8) is 0 Å². The maximum Gasteiger partial charge on any atom is 0.158 e. The van der Waals surface area contributed by atoms with Gasteiger partial charge >= 0.3 is 0 Å². The highest BCUT2D eigenvalue weighted by molar-refractivity contribution is 6.55. The van der Waals surface area contributed by atoms with E-state index < -0.39 is 0 Å². The van der Waals surface area contributed by atoms with Gasteiger partial charge in [-0.3, -0.25) is 9.67 Å². The highest BCUT2D eigenvalue weighted by Crippen LogP contribution is 2.43. The van der Waals surface area contributed by atoms with Gasteiger partial charge in [-0.2, -0.15) is 5.10 Å². The van der Waals surface area contributed by atoms with Crippen LogP contribution in [0.25, 0.3) is 33.3 Å². The number of aryl methyl sites for hydroxylation is 1. The molecule has 0 amide bonds. The summed E-state index contributed by atoms with van der Waals surface area (Å²) in [5.74, 6) is 2.04. The largest absolute Gasteiger partial charge is 0.456 e. The normalized spacial score (nSPS) is 18.4. The van der Waals surface area contributed by atoms with Crippen molar-refractivity contribution in [1.82, 2.24) is 29.3 Å². The van der Waals surface area contributed by atoms with Crippen molar-refractivity contribution >= 4 is 42.5 Å². The minimum atomic E-state index is -0.367. The predicted octanol–water partition coefficient (Wildman–Crippen LogP) is 7.79. The molecule has 1 saturated carbocycles. The lowest BCUT2D eigenvalue weighted by Gasteiger charge is -2.27. The molecular formula is C34H40ClN6O4Si. The van der Waals surface area contributed by atoms with E-state index in [1.807, 2.05) is 54.3 Å². The first-order valence-electron chi connectivity index (χ1n) is 16.1. The van der Waals surface area contributed by atoms with Gasteiger partial charge < -0.3 is 23.5 Å². The Hall–Kier alpha value is -3.35. The lowest BCUT2D eigenvalue weighted by molar-refractivity contribution is -0.200. The van der Waals surface area contributed by atoms with Gasteiger partial charge in [0.05, 0.1) is 52.9 Å². The number of aromatic nitrogens is 6. The molecular weight excluding hydrogens is 620 g/mol. The predicted molar refractivity (Wildman–Crippen MR) is 180 cm³/mol. The second-order valence-electron chi connectivity index (χ2n) is 12.9. The van der Waals surface area contributed by atoms with Gasteiger partial charge in [0.1, 0.15) is 34.6 Å². The van der Waals surface area contributed by atoms with Crippen molar-refractivity contribution in [3.05, 3.63) is 59.8 Å². The fourth-order valence-electron chi connectivity index (χ4n) is 6.07. The van der Waals surface area contributed by atoms with E-state index in [4.69, 9.17) is 40.5 Å². The summed E-state index contributed by atoms with van der Waals surface area (Å²) in [5.41, 5.74) is 4.44. The van der Waals surface area contributed by atoms with Crippen LogP contribution in [0.4, 0.5) is 0 Å². The molecule has 0 bridgehead atoms. The zero-order chi connectivity index (χ0) is 31.8. The summed E-state index contributed by atoms with van der Waals surface area (Å²) in [6.07, 6.45) is 10.9. The van der Waals surface area contributed by atoms with E-state index in [0.717, 1.165) is 67.2 Å². The Morgan fingerprint density at radius 2 is 1.96 bits per heavy atom. The summed E-state index contributed by atoms with van der Waals surface area (Å²) in [6, 6.07) is 10.6. The fourth-order valence-corrected chi connectivity index (χ4v) is 7.58. The first kappa shape index (κ1) is 31.3. The van der Waals surface area contributed by atoms with Crippen LogP contribution < -0.4 is 4.74 Å². The molecule has 10 nitrogen and oxygen atoms in total. The summed E-state index contributed by atoms with van der Waals surface area (Å²) in [7, 11) is -0.367. The molecule has 2 atom stereocenters. The van der Waals surface area contributed by atoms with Crippen LogP contribution in [0.5, 0.6) is 11.5 Å². The molecule has 4 heterocycles. The first-order chi connectivity index (χ1) is 22.2. The van der Waals surface area contributed by atoms with Gasteiger partial charge in [-0.25, -0.2) is 9.97 Å². The molecule has 0 spiro atoms. The average Bonchev–Trinajstić information content (AvgIpc) is 3.48. The average molecular weight is 660 g/mol. The number of hydrogen-bond acceptors (Lipinski definition) is 8. The van der Waals surface area contributed by atoms with E-state index in [0.29, 0.717) is 46.5 Å². The zero-order valence-corrected chi connectivity index (χ0v) is 28.6. The van der Waals surface area contributed by atoms with E-state index in [9.17, 15) is 0 Å². The van der Waals surface area contributed by atoms with Gasteiger partial charge in [0.15, 0.2) is 6.29 Å². The summed E-state index contributed by atoms with van der Waals surface area (Å²) in [6.45, 7) is 10.6. The number of rotatable bonds is 12. The van der Waals surface area contributed by atoms with Crippen molar-refractivity contribution in [1.29, 1.82) is 0 Å². The number of benzene rings is 2. The maximum atomic E-state index is 6.91. The van der Waals surface area contributed by atoms with Crippen molar-refractivity contribution < 1.29 is 18.9 Å². The quantitative estimate of drug-likeness (QED) is 0.125. The third kappa shape index (κ3) is 6.84. The highest BCUT2D eigenvalue weighted by atomic mass is 35.5. The third-order valence-electron chi connectivity index (χ3n) is 8.65. The summed E-state index contributed by atoms with van der Waals surface area (Å²) in [4.78, 5) is 14.2. The van der Waals surface area contributed by atoms with Crippen LogP contribution in [0.15, 0.2) is 48.9 Å². The van der Waals surface area contributed by atoms with E-state index in [-0.39, 0.29) is 26.8 Å². The molecule has 0 N–H and O–H groups in total. The Morgan fingerprint density at radius 1 is 1.11 bits per heavy atom. The molecule has 2 unspecified atom stereocenters. The Morgan fingerprint density at radius 3 is 2.74 bits per heavy atom. The Balaban J connectivity index is 1.08. The molecule has 46 heavy (non-hydrogen) atoms.